The molecule has 0 spiro atoms. The van der Waals surface area contributed by atoms with Crippen molar-refractivity contribution in [1.82, 2.24) is 14.9 Å². The SMILES string of the molecule is O=C(C[C@H]1C(=O)N(C[C@@H]2CCCO2)c2nc3ccccc3n21)NCc1ccccc1. The lowest BCUT2D eigenvalue weighted by atomic mass is 10.1. The number of anilines is 1. The molecule has 0 unspecified atom stereocenters. The van der Waals surface area contributed by atoms with E-state index in [9.17, 15) is 9.59 Å². The third-order valence-corrected chi connectivity index (χ3v) is 5.80. The highest BCUT2D eigenvalue weighted by atomic mass is 16.5. The Hall–Kier alpha value is -3.19. The first-order valence-corrected chi connectivity index (χ1v) is 10.4. The first-order valence-electron chi connectivity index (χ1n) is 10.4. The summed E-state index contributed by atoms with van der Waals surface area (Å²) in [5, 5.41) is 2.94. The number of hydrogen-bond acceptors (Lipinski definition) is 4. The van der Waals surface area contributed by atoms with Crippen molar-refractivity contribution < 1.29 is 14.3 Å². The molecule has 1 N–H and O–H groups in total. The van der Waals surface area contributed by atoms with Gasteiger partial charge in [0.25, 0.3) is 5.91 Å². The quantitative estimate of drug-likeness (QED) is 0.685. The van der Waals surface area contributed by atoms with Crippen molar-refractivity contribution >= 4 is 28.8 Å². The van der Waals surface area contributed by atoms with Crippen LogP contribution in [0.5, 0.6) is 0 Å². The smallest absolute Gasteiger partial charge is 0.253 e. The van der Waals surface area contributed by atoms with Crippen LogP contribution in [0.15, 0.2) is 54.6 Å². The van der Waals surface area contributed by atoms with Crippen molar-refractivity contribution in [3.05, 3.63) is 60.2 Å². The summed E-state index contributed by atoms with van der Waals surface area (Å²) in [5.41, 5.74) is 2.72. The summed E-state index contributed by atoms with van der Waals surface area (Å²) in [4.78, 5) is 32.4. The summed E-state index contributed by atoms with van der Waals surface area (Å²) in [7, 11) is 0. The van der Waals surface area contributed by atoms with Crippen molar-refractivity contribution in [2.24, 2.45) is 0 Å². The van der Waals surface area contributed by atoms with Crippen LogP contribution in [0.1, 0.15) is 30.9 Å². The van der Waals surface area contributed by atoms with E-state index in [2.05, 4.69) is 5.32 Å². The molecular formula is C23H24N4O3. The third-order valence-electron chi connectivity index (χ3n) is 5.80. The number of fused-ring (bicyclic) bond motifs is 3. The van der Waals surface area contributed by atoms with Gasteiger partial charge in [-0.2, -0.15) is 0 Å². The maximum Gasteiger partial charge on any atom is 0.253 e. The molecule has 0 aliphatic carbocycles. The fourth-order valence-electron chi connectivity index (χ4n) is 4.30. The highest BCUT2D eigenvalue weighted by molar-refractivity contribution is 6.03. The standard InChI is InChI=1S/C23H24N4O3/c28-21(24-14-16-7-2-1-3-8-16)13-20-22(29)26(15-17-9-6-12-30-17)23-25-18-10-4-5-11-19(18)27(20)23/h1-5,7-8,10-11,17,20H,6,9,12-15H2,(H,24,28)/t17-,20-/m0/s1. The molecule has 7 heteroatoms. The Labute approximate surface area is 174 Å². The minimum Gasteiger partial charge on any atom is -0.376 e. The minimum absolute atomic E-state index is 0.0212. The summed E-state index contributed by atoms with van der Waals surface area (Å²) in [6.45, 7) is 1.65. The number of ether oxygens (including phenoxy) is 1. The maximum atomic E-state index is 13.3. The number of carbonyl (C=O) groups is 2. The predicted octanol–water partition coefficient (Wildman–Crippen LogP) is 2.81. The fourth-order valence-corrected chi connectivity index (χ4v) is 4.30. The molecule has 2 amide bonds. The van der Waals surface area contributed by atoms with Crippen LogP contribution in [0.2, 0.25) is 0 Å². The second-order valence-electron chi connectivity index (χ2n) is 7.84. The van der Waals surface area contributed by atoms with Gasteiger partial charge in [0.15, 0.2) is 0 Å². The predicted molar refractivity (Wildman–Crippen MR) is 113 cm³/mol. The molecule has 0 radical (unpaired) electrons. The highest BCUT2D eigenvalue weighted by Gasteiger charge is 2.42. The number of imidazole rings is 1. The molecule has 1 aromatic heterocycles. The van der Waals surface area contributed by atoms with Crippen LogP contribution in [0, 0.1) is 0 Å². The summed E-state index contributed by atoms with van der Waals surface area (Å²) in [6, 6.07) is 16.9. The van der Waals surface area contributed by atoms with Gasteiger partial charge in [0.1, 0.15) is 6.04 Å². The van der Waals surface area contributed by atoms with Crippen LogP contribution in [-0.2, 0) is 20.9 Å². The van der Waals surface area contributed by atoms with Crippen molar-refractivity contribution in [2.75, 3.05) is 18.1 Å². The number of rotatable bonds is 6. The van der Waals surface area contributed by atoms with Crippen molar-refractivity contribution in [2.45, 2.75) is 38.0 Å². The van der Waals surface area contributed by atoms with Crippen LogP contribution < -0.4 is 10.2 Å². The fraction of sp³-hybridized carbons (Fsp3) is 0.348. The zero-order valence-corrected chi connectivity index (χ0v) is 16.7. The van der Waals surface area contributed by atoms with E-state index in [1.54, 1.807) is 4.90 Å². The van der Waals surface area contributed by atoms with E-state index in [1.807, 2.05) is 59.2 Å². The Kier molecular flexibility index (Phi) is 4.96. The van der Waals surface area contributed by atoms with E-state index in [1.165, 1.54) is 0 Å². The highest BCUT2D eigenvalue weighted by Crippen LogP contribution is 2.37. The van der Waals surface area contributed by atoms with Gasteiger partial charge in [-0.25, -0.2) is 4.98 Å². The molecule has 5 rings (SSSR count). The number of para-hydroxylation sites is 2. The molecule has 2 aliphatic heterocycles. The zero-order valence-electron chi connectivity index (χ0n) is 16.7. The topological polar surface area (TPSA) is 76.5 Å². The molecule has 1 fully saturated rings. The Bertz CT molecular complexity index is 1070. The Morgan fingerprint density at radius 3 is 2.73 bits per heavy atom. The van der Waals surface area contributed by atoms with Gasteiger partial charge >= 0.3 is 0 Å². The van der Waals surface area contributed by atoms with E-state index in [0.29, 0.717) is 19.0 Å². The van der Waals surface area contributed by atoms with Crippen molar-refractivity contribution in [3.63, 3.8) is 0 Å². The lowest BCUT2D eigenvalue weighted by Gasteiger charge is -2.19. The average Bonchev–Trinajstić information content (AvgIpc) is 3.47. The molecule has 2 atom stereocenters. The first kappa shape index (κ1) is 18.8. The molecule has 154 valence electrons. The lowest BCUT2D eigenvalue weighted by molar-refractivity contribution is -0.127. The van der Waals surface area contributed by atoms with Crippen LogP contribution in [0.4, 0.5) is 5.95 Å². The molecule has 3 heterocycles. The maximum absolute atomic E-state index is 13.3. The van der Waals surface area contributed by atoms with Gasteiger partial charge in [-0.15, -0.1) is 0 Å². The van der Waals surface area contributed by atoms with Gasteiger partial charge < -0.3 is 10.1 Å². The number of aromatic nitrogens is 2. The number of carbonyl (C=O) groups excluding carboxylic acids is 2. The normalized spacial score (nSPS) is 20.7. The summed E-state index contributed by atoms with van der Waals surface area (Å²) in [6.07, 6.45) is 2.05. The van der Waals surface area contributed by atoms with E-state index in [4.69, 9.17) is 9.72 Å². The molecule has 0 saturated carbocycles. The van der Waals surface area contributed by atoms with Crippen molar-refractivity contribution in [1.29, 1.82) is 0 Å². The molecule has 7 nitrogen and oxygen atoms in total. The van der Waals surface area contributed by atoms with Gasteiger partial charge in [-0.1, -0.05) is 42.5 Å². The van der Waals surface area contributed by atoms with E-state index in [-0.39, 0.29) is 24.3 Å². The minimum atomic E-state index is -0.593. The van der Waals surface area contributed by atoms with Crippen LogP contribution in [0.25, 0.3) is 11.0 Å². The monoisotopic (exact) mass is 404 g/mol. The average molecular weight is 404 g/mol. The number of benzene rings is 2. The second-order valence-corrected chi connectivity index (χ2v) is 7.84. The lowest BCUT2D eigenvalue weighted by Crippen LogP contribution is -2.37. The van der Waals surface area contributed by atoms with Crippen molar-refractivity contribution in [3.8, 4) is 0 Å². The molecule has 1 saturated heterocycles. The number of nitrogens with zero attached hydrogens (tertiary/aromatic N) is 3. The van der Waals surface area contributed by atoms with Gasteiger partial charge in [0.2, 0.25) is 11.9 Å². The van der Waals surface area contributed by atoms with E-state index < -0.39 is 6.04 Å². The summed E-state index contributed by atoms with van der Waals surface area (Å²) >= 11 is 0. The Balaban J connectivity index is 1.39. The molecule has 30 heavy (non-hydrogen) atoms. The Morgan fingerprint density at radius 2 is 1.93 bits per heavy atom. The second kappa shape index (κ2) is 7.91. The molecule has 0 bridgehead atoms. The Morgan fingerprint density at radius 1 is 1.13 bits per heavy atom. The van der Waals surface area contributed by atoms with E-state index in [0.717, 1.165) is 36.0 Å². The van der Waals surface area contributed by atoms with Crippen LogP contribution >= 0.6 is 0 Å². The van der Waals surface area contributed by atoms with Gasteiger partial charge in [0, 0.05) is 13.2 Å². The number of nitrogens with one attached hydrogen (secondary N) is 1. The van der Waals surface area contributed by atoms with Gasteiger partial charge in [0.05, 0.1) is 30.1 Å². The molecule has 2 aliphatic rings. The van der Waals surface area contributed by atoms with E-state index >= 15 is 0 Å². The third kappa shape index (κ3) is 3.45. The zero-order chi connectivity index (χ0) is 20.5. The largest absolute Gasteiger partial charge is 0.376 e. The number of amides is 2. The summed E-state index contributed by atoms with van der Waals surface area (Å²) in [5.74, 6) is 0.367. The van der Waals surface area contributed by atoms with Crippen LogP contribution in [-0.4, -0.2) is 40.6 Å². The summed E-state index contributed by atoms with van der Waals surface area (Å²) < 4.78 is 7.66. The first-order chi connectivity index (χ1) is 14.7. The molecular weight excluding hydrogens is 380 g/mol. The molecule has 3 aromatic rings. The number of hydrogen-bond donors (Lipinski definition) is 1. The van der Waals surface area contributed by atoms with Gasteiger partial charge in [-0.3, -0.25) is 19.1 Å². The van der Waals surface area contributed by atoms with Crippen LogP contribution in [0.3, 0.4) is 0 Å². The molecule has 2 aromatic carbocycles. The van der Waals surface area contributed by atoms with Gasteiger partial charge in [-0.05, 0) is 30.5 Å².